The molecule has 170 valence electrons. The smallest absolute Gasteiger partial charge is 0.243 e. The molecule has 0 spiro atoms. The fourth-order valence-electron chi connectivity index (χ4n) is 3.56. The molecule has 1 N–H and O–H groups in total. The number of benzene rings is 2. The first kappa shape index (κ1) is 23.2. The van der Waals surface area contributed by atoms with E-state index in [9.17, 15) is 14.0 Å². The summed E-state index contributed by atoms with van der Waals surface area (Å²) in [6.45, 7) is 3.14. The Morgan fingerprint density at radius 1 is 1.19 bits per heavy atom. The minimum absolute atomic E-state index is 0.0444. The van der Waals surface area contributed by atoms with Gasteiger partial charge in [-0.25, -0.2) is 9.40 Å². The third-order valence-corrected chi connectivity index (χ3v) is 5.38. The number of nitrogens with one attached hydrogen (secondary N) is 1. The van der Waals surface area contributed by atoms with Gasteiger partial charge < -0.3 is 14.8 Å². The van der Waals surface area contributed by atoms with Crippen LogP contribution in [0.2, 0.25) is 0 Å². The SMILES string of the molecule is CCC(=O)Nc1ccc(CN2N=C(c3ccc(OC)c(OCF)c3)C(CC)CC2=O)cc1. The highest BCUT2D eigenvalue weighted by molar-refractivity contribution is 6.06. The summed E-state index contributed by atoms with van der Waals surface area (Å²) in [5.41, 5.74) is 3.11. The zero-order valence-electron chi connectivity index (χ0n) is 18.6. The lowest BCUT2D eigenvalue weighted by atomic mass is 9.89. The third kappa shape index (κ3) is 5.43. The van der Waals surface area contributed by atoms with Gasteiger partial charge in [-0.1, -0.05) is 26.0 Å². The predicted molar refractivity (Wildman–Crippen MR) is 120 cm³/mol. The van der Waals surface area contributed by atoms with Crippen molar-refractivity contribution in [2.24, 2.45) is 11.0 Å². The number of rotatable bonds is 9. The number of halogens is 1. The molecule has 8 heteroatoms. The van der Waals surface area contributed by atoms with Crippen LogP contribution in [0.3, 0.4) is 0 Å². The Kier molecular flexibility index (Phi) is 7.81. The molecule has 1 aliphatic rings. The van der Waals surface area contributed by atoms with Crippen LogP contribution in [0.25, 0.3) is 0 Å². The molecule has 0 aromatic heterocycles. The summed E-state index contributed by atoms with van der Waals surface area (Å²) < 4.78 is 23.1. The van der Waals surface area contributed by atoms with Gasteiger partial charge >= 0.3 is 0 Å². The molecule has 0 saturated heterocycles. The van der Waals surface area contributed by atoms with Crippen molar-refractivity contribution in [1.82, 2.24) is 5.01 Å². The van der Waals surface area contributed by atoms with Gasteiger partial charge in [0.05, 0.1) is 19.4 Å². The molecular formula is C24H28FN3O4. The summed E-state index contributed by atoms with van der Waals surface area (Å²) in [6, 6.07) is 12.6. The van der Waals surface area contributed by atoms with Gasteiger partial charge in [0.15, 0.2) is 11.5 Å². The number of ether oxygens (including phenoxy) is 2. The van der Waals surface area contributed by atoms with E-state index in [0.717, 1.165) is 23.3 Å². The molecule has 1 aliphatic heterocycles. The number of nitrogens with zero attached hydrogens (tertiary/aromatic N) is 2. The van der Waals surface area contributed by atoms with Gasteiger partial charge in [0.25, 0.3) is 0 Å². The number of alkyl halides is 1. The van der Waals surface area contributed by atoms with Crippen molar-refractivity contribution in [1.29, 1.82) is 0 Å². The summed E-state index contributed by atoms with van der Waals surface area (Å²) >= 11 is 0. The van der Waals surface area contributed by atoms with E-state index in [-0.39, 0.29) is 17.7 Å². The molecule has 0 aliphatic carbocycles. The molecule has 7 nitrogen and oxygen atoms in total. The van der Waals surface area contributed by atoms with Crippen molar-refractivity contribution < 1.29 is 23.5 Å². The Balaban J connectivity index is 1.86. The van der Waals surface area contributed by atoms with E-state index < -0.39 is 6.86 Å². The van der Waals surface area contributed by atoms with Crippen LogP contribution in [0, 0.1) is 5.92 Å². The Bertz CT molecular complexity index is 991. The normalized spacial score (nSPS) is 15.9. The Morgan fingerprint density at radius 3 is 2.56 bits per heavy atom. The van der Waals surface area contributed by atoms with E-state index >= 15 is 0 Å². The fourth-order valence-corrected chi connectivity index (χ4v) is 3.56. The Hall–Kier alpha value is -3.42. The van der Waals surface area contributed by atoms with E-state index in [1.165, 1.54) is 12.1 Å². The number of hydrogen-bond acceptors (Lipinski definition) is 5. The second-order valence-electron chi connectivity index (χ2n) is 7.46. The standard InChI is InChI=1S/C24H28FN3O4/c1-4-17-13-23(30)28(14-16-6-9-19(10-7-16)26-22(29)5-2)27-24(17)18-8-11-20(31-3)21(12-18)32-15-25/h6-12,17H,4-5,13-15H2,1-3H3,(H,26,29). The van der Waals surface area contributed by atoms with E-state index in [0.29, 0.717) is 36.6 Å². The maximum absolute atomic E-state index is 12.8. The fraction of sp³-hybridized carbons (Fsp3) is 0.375. The first-order chi connectivity index (χ1) is 15.5. The lowest BCUT2D eigenvalue weighted by molar-refractivity contribution is -0.133. The highest BCUT2D eigenvalue weighted by atomic mass is 19.1. The molecule has 2 amide bonds. The van der Waals surface area contributed by atoms with Gasteiger partial charge in [0, 0.05) is 30.0 Å². The Morgan fingerprint density at radius 2 is 1.94 bits per heavy atom. The maximum atomic E-state index is 12.8. The van der Waals surface area contributed by atoms with Crippen LogP contribution in [-0.4, -0.2) is 36.5 Å². The quantitative estimate of drug-likeness (QED) is 0.621. The van der Waals surface area contributed by atoms with Crippen LogP contribution in [0.5, 0.6) is 11.5 Å². The van der Waals surface area contributed by atoms with Crippen LogP contribution in [0.15, 0.2) is 47.6 Å². The molecule has 0 radical (unpaired) electrons. The van der Waals surface area contributed by atoms with Crippen LogP contribution >= 0.6 is 0 Å². The van der Waals surface area contributed by atoms with E-state index in [4.69, 9.17) is 9.47 Å². The van der Waals surface area contributed by atoms with Crippen LogP contribution < -0.4 is 14.8 Å². The summed E-state index contributed by atoms with van der Waals surface area (Å²) in [7, 11) is 1.49. The molecule has 0 bridgehead atoms. The van der Waals surface area contributed by atoms with Gasteiger partial charge in [0.2, 0.25) is 18.7 Å². The first-order valence-corrected chi connectivity index (χ1v) is 10.6. The van der Waals surface area contributed by atoms with Crippen molar-refractivity contribution in [3.63, 3.8) is 0 Å². The molecule has 3 rings (SSSR count). The molecule has 1 unspecified atom stereocenters. The third-order valence-electron chi connectivity index (χ3n) is 5.38. The Labute approximate surface area is 187 Å². The van der Waals surface area contributed by atoms with Crippen LogP contribution in [0.4, 0.5) is 10.1 Å². The average molecular weight is 442 g/mol. The highest BCUT2D eigenvalue weighted by Crippen LogP contribution is 2.32. The zero-order valence-corrected chi connectivity index (χ0v) is 18.6. The second kappa shape index (κ2) is 10.7. The van der Waals surface area contributed by atoms with Gasteiger partial charge in [-0.3, -0.25) is 9.59 Å². The van der Waals surface area contributed by atoms with Gasteiger partial charge in [-0.2, -0.15) is 5.10 Å². The molecule has 0 fully saturated rings. The van der Waals surface area contributed by atoms with E-state index in [2.05, 4.69) is 10.4 Å². The van der Waals surface area contributed by atoms with Crippen LogP contribution in [-0.2, 0) is 16.1 Å². The van der Waals surface area contributed by atoms with E-state index in [1.807, 2.05) is 25.1 Å². The number of hydrazone groups is 1. The summed E-state index contributed by atoms with van der Waals surface area (Å²) in [4.78, 5) is 24.3. The van der Waals surface area contributed by atoms with Crippen molar-refractivity contribution in [3.05, 3.63) is 53.6 Å². The van der Waals surface area contributed by atoms with Crippen LogP contribution in [0.1, 0.15) is 44.2 Å². The minimum atomic E-state index is -0.969. The number of methoxy groups -OCH3 is 1. The van der Waals surface area contributed by atoms with Crippen molar-refractivity contribution in [3.8, 4) is 11.5 Å². The molecule has 2 aromatic rings. The summed E-state index contributed by atoms with van der Waals surface area (Å²) in [5.74, 6) is 0.561. The molecule has 0 saturated carbocycles. The zero-order chi connectivity index (χ0) is 23.1. The molecule has 1 atom stereocenters. The van der Waals surface area contributed by atoms with Gasteiger partial charge in [-0.05, 0) is 42.3 Å². The number of amides is 2. The predicted octanol–water partition coefficient (Wildman–Crippen LogP) is 4.51. The first-order valence-electron chi connectivity index (χ1n) is 10.6. The highest BCUT2D eigenvalue weighted by Gasteiger charge is 2.29. The molecule has 2 aromatic carbocycles. The summed E-state index contributed by atoms with van der Waals surface area (Å²) in [6.07, 6.45) is 1.49. The monoisotopic (exact) mass is 441 g/mol. The topological polar surface area (TPSA) is 80.2 Å². The number of carbonyl (C=O) groups excluding carboxylic acids is 2. The van der Waals surface area contributed by atoms with Gasteiger partial charge in [-0.15, -0.1) is 0 Å². The number of hydrogen-bond donors (Lipinski definition) is 1. The largest absolute Gasteiger partial charge is 0.493 e. The number of carbonyl (C=O) groups is 2. The minimum Gasteiger partial charge on any atom is -0.493 e. The molecule has 32 heavy (non-hydrogen) atoms. The van der Waals surface area contributed by atoms with Crippen molar-refractivity contribution >= 4 is 23.2 Å². The average Bonchev–Trinajstić information content (AvgIpc) is 2.81. The second-order valence-corrected chi connectivity index (χ2v) is 7.46. The van der Waals surface area contributed by atoms with Crippen molar-refractivity contribution in [2.45, 2.75) is 39.7 Å². The van der Waals surface area contributed by atoms with E-state index in [1.54, 1.807) is 31.2 Å². The molecule has 1 heterocycles. The summed E-state index contributed by atoms with van der Waals surface area (Å²) in [5, 5.41) is 8.92. The van der Waals surface area contributed by atoms with Gasteiger partial charge in [0.1, 0.15) is 0 Å². The molecular weight excluding hydrogens is 413 g/mol. The number of anilines is 1. The lowest BCUT2D eigenvalue weighted by Crippen LogP contribution is -2.36. The van der Waals surface area contributed by atoms with Crippen molar-refractivity contribution in [2.75, 3.05) is 19.3 Å². The maximum Gasteiger partial charge on any atom is 0.243 e. The lowest BCUT2D eigenvalue weighted by Gasteiger charge is -2.29.